The molecule has 1 heterocycles. The number of nitrogens with zero attached hydrogens (tertiary/aromatic N) is 1. The molecule has 1 aliphatic heterocycles. The van der Waals surface area contributed by atoms with Crippen molar-refractivity contribution in [1.82, 2.24) is 0 Å². The van der Waals surface area contributed by atoms with Crippen molar-refractivity contribution in [2.24, 2.45) is 0 Å². The Morgan fingerprint density at radius 1 is 1.47 bits per heavy atom. The van der Waals surface area contributed by atoms with E-state index in [4.69, 9.17) is 4.74 Å². The normalized spacial score (nSPS) is 24.6. The van der Waals surface area contributed by atoms with Gasteiger partial charge >= 0.3 is 0 Å². The van der Waals surface area contributed by atoms with Crippen LogP contribution in [0.25, 0.3) is 0 Å². The van der Waals surface area contributed by atoms with E-state index in [-0.39, 0.29) is 0 Å². The van der Waals surface area contributed by atoms with Gasteiger partial charge in [0.1, 0.15) is 5.75 Å². The van der Waals surface area contributed by atoms with Crippen molar-refractivity contribution in [3.63, 3.8) is 0 Å². The lowest BCUT2D eigenvalue weighted by atomic mass is 9.79. The minimum Gasteiger partial charge on any atom is -0.493 e. The van der Waals surface area contributed by atoms with Gasteiger partial charge in [-0.15, -0.1) is 0 Å². The Bertz CT molecular complexity index is 419. The zero-order valence-electron chi connectivity index (χ0n) is 9.21. The summed E-state index contributed by atoms with van der Waals surface area (Å²) in [6, 6.07) is 8.50. The summed E-state index contributed by atoms with van der Waals surface area (Å²) in [6.45, 7) is 4.76. The van der Waals surface area contributed by atoms with Gasteiger partial charge in [-0.3, -0.25) is 0 Å². The van der Waals surface area contributed by atoms with Crippen molar-refractivity contribution in [2.45, 2.75) is 32.1 Å². The fraction of sp³-hybridized carbons (Fsp3) is 0.462. The zero-order chi connectivity index (χ0) is 10.9. The van der Waals surface area contributed by atoms with Crippen LogP contribution in [0, 0.1) is 18.3 Å². The van der Waals surface area contributed by atoms with E-state index in [1.807, 2.05) is 26.0 Å². The molecule has 2 heteroatoms. The van der Waals surface area contributed by atoms with Crippen LogP contribution in [0.1, 0.15) is 30.9 Å². The molecule has 1 unspecified atom stereocenters. The molecular weight excluding hydrogens is 186 g/mol. The molecular formula is C13H15NO. The Morgan fingerprint density at radius 2 is 2.27 bits per heavy atom. The lowest BCUT2D eigenvalue weighted by Gasteiger charge is -2.21. The Morgan fingerprint density at radius 3 is 3.00 bits per heavy atom. The first-order chi connectivity index (χ1) is 7.15. The molecule has 0 radical (unpaired) electrons. The van der Waals surface area contributed by atoms with Gasteiger partial charge < -0.3 is 4.74 Å². The molecule has 1 aromatic rings. The maximum atomic E-state index is 9.31. The maximum Gasteiger partial charge on any atom is 0.124 e. The van der Waals surface area contributed by atoms with Crippen LogP contribution in [0.5, 0.6) is 5.75 Å². The molecule has 2 nitrogen and oxygen atoms in total. The first-order valence-electron chi connectivity index (χ1n) is 5.31. The first kappa shape index (κ1) is 10.0. The van der Waals surface area contributed by atoms with Crippen molar-refractivity contribution in [3.05, 3.63) is 29.3 Å². The summed E-state index contributed by atoms with van der Waals surface area (Å²) in [5.74, 6) is 0.877. The summed E-state index contributed by atoms with van der Waals surface area (Å²) in [7, 11) is 0. The van der Waals surface area contributed by atoms with Crippen molar-refractivity contribution in [2.75, 3.05) is 6.61 Å². The number of rotatable bonds is 0. The standard InChI is InChI=1S/C13H15NO/c1-10-4-5-12-11(8-10)13(2,9-14)6-3-7-15-12/h4-5,8H,3,6-7H2,1-2H3. The van der Waals surface area contributed by atoms with Crippen LogP contribution in [0.4, 0.5) is 0 Å². The maximum absolute atomic E-state index is 9.31. The molecule has 2 rings (SSSR count). The molecule has 0 bridgehead atoms. The lowest BCUT2D eigenvalue weighted by molar-refractivity contribution is 0.315. The highest BCUT2D eigenvalue weighted by atomic mass is 16.5. The molecule has 78 valence electrons. The Hall–Kier alpha value is -1.49. The Labute approximate surface area is 90.5 Å². The van der Waals surface area contributed by atoms with Gasteiger partial charge in [-0.2, -0.15) is 5.26 Å². The first-order valence-corrected chi connectivity index (χ1v) is 5.31. The number of aryl methyl sites for hydroxylation is 1. The van der Waals surface area contributed by atoms with Crippen LogP contribution in [0.2, 0.25) is 0 Å². The van der Waals surface area contributed by atoms with Gasteiger partial charge in [-0.05, 0) is 32.8 Å². The third kappa shape index (κ3) is 1.70. The van der Waals surface area contributed by atoms with Crippen molar-refractivity contribution in [3.8, 4) is 11.8 Å². The quantitative estimate of drug-likeness (QED) is 0.646. The number of hydrogen-bond acceptors (Lipinski definition) is 2. The van der Waals surface area contributed by atoms with Crippen LogP contribution in [-0.4, -0.2) is 6.61 Å². The van der Waals surface area contributed by atoms with Crippen LogP contribution >= 0.6 is 0 Å². The number of benzene rings is 1. The molecule has 0 spiro atoms. The van der Waals surface area contributed by atoms with E-state index < -0.39 is 5.41 Å². The van der Waals surface area contributed by atoms with Gasteiger partial charge in [-0.1, -0.05) is 17.7 Å². The Kier molecular flexibility index (Phi) is 2.40. The van der Waals surface area contributed by atoms with E-state index in [1.54, 1.807) is 0 Å². The second-order valence-electron chi connectivity index (χ2n) is 4.40. The second kappa shape index (κ2) is 3.58. The van der Waals surface area contributed by atoms with E-state index >= 15 is 0 Å². The predicted octanol–water partition coefficient (Wildman–Crippen LogP) is 2.95. The smallest absolute Gasteiger partial charge is 0.124 e. The molecule has 15 heavy (non-hydrogen) atoms. The van der Waals surface area contributed by atoms with E-state index in [9.17, 15) is 5.26 Å². The minimum atomic E-state index is -0.391. The third-order valence-corrected chi connectivity index (χ3v) is 3.05. The Balaban J connectivity index is 2.58. The van der Waals surface area contributed by atoms with Gasteiger partial charge in [-0.25, -0.2) is 0 Å². The van der Waals surface area contributed by atoms with Gasteiger partial charge in [0.25, 0.3) is 0 Å². The van der Waals surface area contributed by atoms with Gasteiger partial charge in [0.2, 0.25) is 0 Å². The van der Waals surface area contributed by atoms with Crippen molar-refractivity contribution in [1.29, 1.82) is 5.26 Å². The third-order valence-electron chi connectivity index (χ3n) is 3.05. The van der Waals surface area contributed by atoms with Crippen LogP contribution < -0.4 is 4.74 Å². The predicted molar refractivity (Wildman–Crippen MR) is 58.9 cm³/mol. The molecule has 0 fully saturated rings. The average molecular weight is 201 g/mol. The van der Waals surface area contributed by atoms with Crippen molar-refractivity contribution < 1.29 is 4.74 Å². The number of fused-ring (bicyclic) bond motifs is 1. The van der Waals surface area contributed by atoms with E-state index in [0.717, 1.165) is 24.2 Å². The van der Waals surface area contributed by atoms with E-state index in [0.29, 0.717) is 6.61 Å². The van der Waals surface area contributed by atoms with Crippen LogP contribution in [-0.2, 0) is 5.41 Å². The highest BCUT2D eigenvalue weighted by molar-refractivity contribution is 5.45. The molecule has 0 saturated heterocycles. The molecule has 0 saturated carbocycles. The van der Waals surface area contributed by atoms with Gasteiger partial charge in [0, 0.05) is 5.56 Å². The van der Waals surface area contributed by atoms with E-state index in [2.05, 4.69) is 12.1 Å². The summed E-state index contributed by atoms with van der Waals surface area (Å²) in [5, 5.41) is 9.31. The molecule has 1 aliphatic rings. The molecule has 1 aromatic carbocycles. The number of nitriles is 1. The zero-order valence-corrected chi connectivity index (χ0v) is 9.21. The van der Waals surface area contributed by atoms with Gasteiger partial charge in [0.05, 0.1) is 18.1 Å². The van der Waals surface area contributed by atoms with Crippen molar-refractivity contribution >= 4 is 0 Å². The fourth-order valence-corrected chi connectivity index (χ4v) is 2.06. The largest absolute Gasteiger partial charge is 0.493 e. The van der Waals surface area contributed by atoms with E-state index in [1.165, 1.54) is 5.56 Å². The average Bonchev–Trinajstić information content (AvgIpc) is 2.40. The van der Waals surface area contributed by atoms with Gasteiger partial charge in [0.15, 0.2) is 0 Å². The molecule has 0 aromatic heterocycles. The molecule has 0 N–H and O–H groups in total. The van der Waals surface area contributed by atoms with Crippen LogP contribution in [0.15, 0.2) is 18.2 Å². The highest BCUT2D eigenvalue weighted by Crippen LogP contribution is 2.38. The summed E-state index contributed by atoms with van der Waals surface area (Å²) in [6.07, 6.45) is 1.82. The summed E-state index contributed by atoms with van der Waals surface area (Å²) in [4.78, 5) is 0. The SMILES string of the molecule is Cc1ccc2c(c1)C(C)(C#N)CCCO2. The van der Waals surface area contributed by atoms with Crippen LogP contribution in [0.3, 0.4) is 0 Å². The monoisotopic (exact) mass is 201 g/mol. The summed E-state index contributed by atoms with van der Waals surface area (Å²) < 4.78 is 5.65. The molecule has 0 amide bonds. The highest BCUT2D eigenvalue weighted by Gasteiger charge is 2.31. The molecule has 1 atom stereocenters. The topological polar surface area (TPSA) is 33.0 Å². The lowest BCUT2D eigenvalue weighted by Crippen LogP contribution is -2.18. The summed E-state index contributed by atoms with van der Waals surface area (Å²) >= 11 is 0. The number of hydrogen-bond donors (Lipinski definition) is 0. The molecule has 0 aliphatic carbocycles. The fourth-order valence-electron chi connectivity index (χ4n) is 2.06. The second-order valence-corrected chi connectivity index (χ2v) is 4.40. The minimum absolute atomic E-state index is 0.391. The summed E-state index contributed by atoms with van der Waals surface area (Å²) in [5.41, 5.74) is 1.83. The number of ether oxygens (including phenoxy) is 1.